The van der Waals surface area contributed by atoms with Crippen LogP contribution in [0, 0.1) is 17.3 Å². The number of nitrogens with zero attached hydrogens (tertiary/aromatic N) is 1. The number of aliphatic hydroxyl groups excluding tert-OH is 1. The quantitative estimate of drug-likeness (QED) is 0.416. The minimum Gasteiger partial charge on any atom is -0.481 e. The maximum absolute atomic E-state index is 13.8. The molecule has 200 valence electrons. The van der Waals surface area contributed by atoms with Gasteiger partial charge in [-0.15, -0.1) is 0 Å². The van der Waals surface area contributed by atoms with Gasteiger partial charge in [0.2, 0.25) is 5.91 Å². The largest absolute Gasteiger partial charge is 0.481 e. The van der Waals surface area contributed by atoms with Gasteiger partial charge in [-0.2, -0.15) is 0 Å². The monoisotopic (exact) mass is 507 g/mol. The lowest BCUT2D eigenvalue weighted by Crippen LogP contribution is -2.38. The van der Waals surface area contributed by atoms with Crippen molar-refractivity contribution in [2.24, 2.45) is 17.3 Å². The van der Waals surface area contributed by atoms with Crippen LogP contribution in [0.3, 0.4) is 0 Å². The third-order valence-corrected chi connectivity index (χ3v) is 7.65. The van der Waals surface area contributed by atoms with Crippen molar-refractivity contribution in [1.29, 1.82) is 0 Å². The van der Waals surface area contributed by atoms with E-state index in [0.717, 1.165) is 23.1 Å². The summed E-state index contributed by atoms with van der Waals surface area (Å²) in [5.74, 6) is -1.31. The molecule has 0 radical (unpaired) electrons. The van der Waals surface area contributed by atoms with Gasteiger partial charge in [0.05, 0.1) is 6.10 Å². The van der Waals surface area contributed by atoms with E-state index in [4.69, 9.17) is 5.11 Å². The fraction of sp³-hybridized carbons (Fsp3) is 0.516. The summed E-state index contributed by atoms with van der Waals surface area (Å²) >= 11 is 0. The minimum absolute atomic E-state index is 0.0408. The van der Waals surface area contributed by atoms with Crippen LogP contribution in [0.25, 0.3) is 0 Å². The molecule has 0 aromatic heterocycles. The predicted molar refractivity (Wildman–Crippen MR) is 146 cm³/mol. The van der Waals surface area contributed by atoms with E-state index in [1.54, 1.807) is 4.90 Å². The molecule has 2 aromatic rings. The van der Waals surface area contributed by atoms with E-state index in [-0.39, 0.29) is 47.8 Å². The van der Waals surface area contributed by atoms with E-state index in [1.807, 2.05) is 55.5 Å². The highest BCUT2D eigenvalue weighted by Gasteiger charge is 2.48. The summed E-state index contributed by atoms with van der Waals surface area (Å²) in [5, 5.41) is 19.5. The number of ketones is 1. The molecule has 1 fully saturated rings. The van der Waals surface area contributed by atoms with Gasteiger partial charge in [0.1, 0.15) is 5.78 Å². The topological polar surface area (TPSA) is 94.9 Å². The molecule has 0 aliphatic heterocycles. The summed E-state index contributed by atoms with van der Waals surface area (Å²) in [4.78, 5) is 39.2. The SMILES string of the molecule is CCCC(O)c1cccc(N(C[C@H]2C(=O)C(C(C)(C)C)C[C@@H]2c2ccc(CCC(=O)O)cc2)C(C)=O)c1. The van der Waals surface area contributed by atoms with Crippen LogP contribution < -0.4 is 4.90 Å². The van der Waals surface area contributed by atoms with Crippen molar-refractivity contribution in [3.63, 3.8) is 0 Å². The van der Waals surface area contributed by atoms with E-state index in [2.05, 4.69) is 20.8 Å². The zero-order valence-corrected chi connectivity index (χ0v) is 22.7. The first-order valence-electron chi connectivity index (χ1n) is 13.3. The van der Waals surface area contributed by atoms with E-state index in [0.29, 0.717) is 24.9 Å². The molecule has 6 heteroatoms. The Morgan fingerprint density at radius 1 is 1.11 bits per heavy atom. The fourth-order valence-corrected chi connectivity index (χ4v) is 5.49. The predicted octanol–water partition coefficient (Wildman–Crippen LogP) is 5.93. The van der Waals surface area contributed by atoms with Crippen LogP contribution in [0.15, 0.2) is 48.5 Å². The average molecular weight is 508 g/mol. The molecule has 4 atom stereocenters. The summed E-state index contributed by atoms with van der Waals surface area (Å²) in [6.45, 7) is 10.1. The molecule has 37 heavy (non-hydrogen) atoms. The number of rotatable bonds is 10. The van der Waals surface area contributed by atoms with Gasteiger partial charge < -0.3 is 15.1 Å². The van der Waals surface area contributed by atoms with Gasteiger partial charge >= 0.3 is 5.97 Å². The lowest BCUT2D eigenvalue weighted by atomic mass is 9.78. The Balaban J connectivity index is 1.93. The Hall–Kier alpha value is -2.99. The number of Topliss-reactive ketones (excluding diaryl/α,β-unsaturated/α-hetero) is 1. The van der Waals surface area contributed by atoms with Crippen LogP contribution in [0.5, 0.6) is 0 Å². The van der Waals surface area contributed by atoms with Crippen molar-refractivity contribution in [2.45, 2.75) is 78.7 Å². The van der Waals surface area contributed by atoms with E-state index in [9.17, 15) is 19.5 Å². The molecule has 0 saturated heterocycles. The number of benzene rings is 2. The van der Waals surface area contributed by atoms with Crippen LogP contribution >= 0.6 is 0 Å². The summed E-state index contributed by atoms with van der Waals surface area (Å²) in [6.07, 6.45) is 2.15. The Bertz CT molecular complexity index is 1100. The Morgan fingerprint density at radius 2 is 1.78 bits per heavy atom. The number of aliphatic carboxylic acids is 1. The first-order chi connectivity index (χ1) is 17.4. The molecule has 6 nitrogen and oxygen atoms in total. The second-order valence-corrected chi connectivity index (χ2v) is 11.4. The number of amides is 1. The van der Waals surface area contributed by atoms with E-state index < -0.39 is 12.1 Å². The zero-order valence-electron chi connectivity index (χ0n) is 22.7. The summed E-state index contributed by atoms with van der Waals surface area (Å²) in [7, 11) is 0. The molecule has 1 amide bonds. The first kappa shape index (κ1) is 28.6. The van der Waals surface area contributed by atoms with Crippen LogP contribution in [-0.2, 0) is 20.8 Å². The molecule has 1 aliphatic rings. The minimum atomic E-state index is -0.825. The van der Waals surface area contributed by atoms with Crippen molar-refractivity contribution in [3.8, 4) is 0 Å². The van der Waals surface area contributed by atoms with Crippen molar-refractivity contribution in [3.05, 3.63) is 65.2 Å². The summed E-state index contributed by atoms with van der Waals surface area (Å²) in [6, 6.07) is 15.3. The number of carboxylic acids is 1. The second-order valence-electron chi connectivity index (χ2n) is 11.4. The average Bonchev–Trinajstić information content (AvgIpc) is 3.17. The zero-order chi connectivity index (χ0) is 27.3. The Labute approximate surface area is 220 Å². The highest BCUT2D eigenvalue weighted by molar-refractivity contribution is 5.94. The lowest BCUT2D eigenvalue weighted by molar-refractivity contribution is -0.137. The normalized spacial score (nSPS) is 20.6. The Kier molecular flexibility index (Phi) is 9.30. The Morgan fingerprint density at radius 3 is 2.35 bits per heavy atom. The maximum Gasteiger partial charge on any atom is 0.303 e. The van der Waals surface area contributed by atoms with Crippen LogP contribution in [-0.4, -0.2) is 34.4 Å². The number of aryl methyl sites for hydroxylation is 1. The smallest absolute Gasteiger partial charge is 0.303 e. The van der Waals surface area contributed by atoms with Gasteiger partial charge in [0.25, 0.3) is 0 Å². The molecule has 0 spiro atoms. The highest BCUT2D eigenvalue weighted by Crippen LogP contribution is 2.48. The van der Waals surface area contributed by atoms with Crippen molar-refractivity contribution in [1.82, 2.24) is 0 Å². The van der Waals surface area contributed by atoms with Crippen molar-refractivity contribution in [2.75, 3.05) is 11.4 Å². The fourth-order valence-electron chi connectivity index (χ4n) is 5.49. The number of aliphatic hydroxyl groups is 1. The van der Waals surface area contributed by atoms with Gasteiger partial charge in [-0.25, -0.2) is 0 Å². The van der Waals surface area contributed by atoms with Crippen LogP contribution in [0.4, 0.5) is 5.69 Å². The number of anilines is 1. The van der Waals surface area contributed by atoms with Crippen LogP contribution in [0.2, 0.25) is 0 Å². The van der Waals surface area contributed by atoms with E-state index >= 15 is 0 Å². The molecule has 3 rings (SSSR count). The third kappa shape index (κ3) is 7.07. The standard InChI is InChI=1S/C31H41NO5/c1-6-8-28(34)23-9-7-10-24(17-23)32(20(2)33)19-26-25(18-27(30(26)37)31(3,4)5)22-14-11-21(12-15-22)13-16-29(35)36/h7,9-12,14-15,17,25-28,34H,6,8,13,16,18-19H2,1-5H3,(H,35,36)/t25-,26-,27?,28?/m1/s1. The molecule has 2 unspecified atom stereocenters. The van der Waals surface area contributed by atoms with Crippen molar-refractivity contribution < 1.29 is 24.6 Å². The number of hydrogen-bond acceptors (Lipinski definition) is 4. The van der Waals surface area contributed by atoms with Gasteiger partial charge in [-0.3, -0.25) is 14.4 Å². The molecule has 0 bridgehead atoms. The van der Waals surface area contributed by atoms with Gasteiger partial charge in [-0.05, 0) is 59.4 Å². The van der Waals surface area contributed by atoms with Gasteiger partial charge in [-0.1, -0.05) is 70.5 Å². The van der Waals surface area contributed by atoms with Crippen molar-refractivity contribution >= 4 is 23.3 Å². The third-order valence-electron chi connectivity index (χ3n) is 7.65. The molecule has 1 aliphatic carbocycles. The summed E-state index contributed by atoms with van der Waals surface area (Å²) in [5.41, 5.74) is 3.25. The molecule has 2 N–H and O–H groups in total. The highest BCUT2D eigenvalue weighted by atomic mass is 16.4. The molecular weight excluding hydrogens is 466 g/mol. The van der Waals surface area contributed by atoms with Crippen LogP contribution in [0.1, 0.15) is 89.0 Å². The number of carbonyl (C=O) groups is 3. The molecular formula is C31H41NO5. The lowest BCUT2D eigenvalue weighted by Gasteiger charge is -2.29. The summed E-state index contributed by atoms with van der Waals surface area (Å²) < 4.78 is 0. The second kappa shape index (κ2) is 12.0. The van der Waals surface area contributed by atoms with Gasteiger partial charge in [0, 0.05) is 37.4 Å². The maximum atomic E-state index is 13.8. The van der Waals surface area contributed by atoms with Gasteiger partial charge in [0.15, 0.2) is 0 Å². The number of hydrogen-bond donors (Lipinski definition) is 2. The first-order valence-corrected chi connectivity index (χ1v) is 13.3. The number of carbonyl (C=O) groups excluding carboxylic acids is 2. The van der Waals surface area contributed by atoms with E-state index in [1.165, 1.54) is 6.92 Å². The molecule has 0 heterocycles. The molecule has 2 aromatic carbocycles. The number of carboxylic acid groups (broad SMARTS) is 1. The molecule has 1 saturated carbocycles.